The molecule has 2 amide bonds. The van der Waals surface area contributed by atoms with Crippen molar-refractivity contribution >= 4 is 34.9 Å². The van der Waals surface area contributed by atoms with Gasteiger partial charge in [-0.2, -0.15) is 0 Å². The Kier molecular flexibility index (Phi) is 5.63. The van der Waals surface area contributed by atoms with Crippen LogP contribution in [0.5, 0.6) is 0 Å². The minimum Gasteiger partial charge on any atom is -0.350 e. The summed E-state index contributed by atoms with van der Waals surface area (Å²) in [4.78, 5) is 27.5. The van der Waals surface area contributed by atoms with Gasteiger partial charge >= 0.3 is 0 Å². The van der Waals surface area contributed by atoms with E-state index in [1.54, 1.807) is 11.3 Å². The Morgan fingerprint density at radius 2 is 1.70 bits per heavy atom. The van der Waals surface area contributed by atoms with Crippen LogP contribution >= 0.6 is 23.1 Å². The molecule has 0 radical (unpaired) electrons. The second-order valence-corrected chi connectivity index (χ2v) is 11.3. The van der Waals surface area contributed by atoms with Crippen molar-refractivity contribution in [3.05, 3.63) is 52.2 Å². The third-order valence-electron chi connectivity index (χ3n) is 6.94. The Labute approximate surface area is 186 Å². The van der Waals surface area contributed by atoms with Gasteiger partial charge < -0.3 is 10.6 Å². The zero-order valence-corrected chi connectivity index (χ0v) is 18.7. The fourth-order valence-electron chi connectivity index (χ4n) is 6.19. The predicted octanol–water partition coefficient (Wildman–Crippen LogP) is 4.86. The molecule has 4 aliphatic rings. The summed E-state index contributed by atoms with van der Waals surface area (Å²) in [6.07, 6.45) is 7.61. The SMILES string of the molecule is O=C(CSc1ccccc1C(=O)NCc1cccs1)NC12CC3CC(CC(C3)C1)C2. The van der Waals surface area contributed by atoms with Crippen molar-refractivity contribution in [2.45, 2.75) is 55.5 Å². The number of benzene rings is 1. The minimum absolute atomic E-state index is 0.0456. The molecule has 0 atom stereocenters. The van der Waals surface area contributed by atoms with Crippen LogP contribution in [0.1, 0.15) is 53.8 Å². The molecule has 0 unspecified atom stereocenters. The van der Waals surface area contributed by atoms with Crippen LogP contribution in [0, 0.1) is 17.8 Å². The van der Waals surface area contributed by atoms with Crippen LogP contribution in [0.25, 0.3) is 0 Å². The van der Waals surface area contributed by atoms with Crippen molar-refractivity contribution in [1.82, 2.24) is 10.6 Å². The standard InChI is InChI=1S/C24H28N2O2S2/c27-22(26-24-11-16-8-17(12-24)10-18(9-16)13-24)15-30-21-6-2-1-5-20(21)23(28)25-14-19-4-3-7-29-19/h1-7,16-18H,8-15H2,(H,25,28)(H,26,27). The van der Waals surface area contributed by atoms with E-state index in [2.05, 4.69) is 10.6 Å². The largest absolute Gasteiger partial charge is 0.350 e. The first-order valence-corrected chi connectivity index (χ1v) is 12.8. The lowest BCUT2D eigenvalue weighted by Crippen LogP contribution is -2.60. The Bertz CT molecular complexity index is 890. The summed E-state index contributed by atoms with van der Waals surface area (Å²) < 4.78 is 0. The third kappa shape index (κ3) is 4.30. The van der Waals surface area contributed by atoms with Crippen LogP contribution < -0.4 is 10.6 Å². The fraction of sp³-hybridized carbons (Fsp3) is 0.500. The lowest BCUT2D eigenvalue weighted by atomic mass is 9.53. The maximum absolute atomic E-state index is 12.8. The molecule has 1 heterocycles. The van der Waals surface area contributed by atoms with Crippen molar-refractivity contribution in [2.24, 2.45) is 17.8 Å². The molecule has 2 aromatic rings. The van der Waals surface area contributed by atoms with Crippen molar-refractivity contribution < 1.29 is 9.59 Å². The van der Waals surface area contributed by atoms with E-state index in [-0.39, 0.29) is 17.4 Å². The van der Waals surface area contributed by atoms with Gasteiger partial charge in [0.05, 0.1) is 17.9 Å². The van der Waals surface area contributed by atoms with Crippen LogP contribution in [0.2, 0.25) is 0 Å². The van der Waals surface area contributed by atoms with Gasteiger partial charge in [0.2, 0.25) is 5.91 Å². The van der Waals surface area contributed by atoms with Crippen LogP contribution in [0.4, 0.5) is 0 Å². The molecule has 4 nitrogen and oxygen atoms in total. The van der Waals surface area contributed by atoms with Crippen LogP contribution in [-0.2, 0) is 11.3 Å². The number of hydrogen-bond acceptors (Lipinski definition) is 4. The number of thiophene rings is 1. The molecule has 4 fully saturated rings. The van der Waals surface area contributed by atoms with Gasteiger partial charge in [-0.25, -0.2) is 0 Å². The van der Waals surface area contributed by atoms with Crippen molar-refractivity contribution in [1.29, 1.82) is 0 Å². The Morgan fingerprint density at radius 3 is 2.37 bits per heavy atom. The predicted molar refractivity (Wildman–Crippen MR) is 122 cm³/mol. The zero-order valence-electron chi connectivity index (χ0n) is 17.1. The molecular formula is C24H28N2O2S2. The van der Waals surface area contributed by atoms with E-state index in [0.29, 0.717) is 17.9 Å². The summed E-state index contributed by atoms with van der Waals surface area (Å²) in [5.41, 5.74) is 0.686. The Morgan fingerprint density at radius 1 is 1.00 bits per heavy atom. The molecular weight excluding hydrogens is 412 g/mol. The van der Waals surface area contributed by atoms with Crippen molar-refractivity contribution in [2.75, 3.05) is 5.75 Å². The lowest BCUT2D eigenvalue weighted by molar-refractivity contribution is -0.124. The Balaban J connectivity index is 1.18. The number of carbonyl (C=O) groups excluding carboxylic acids is 2. The second kappa shape index (κ2) is 8.39. The number of carbonyl (C=O) groups is 2. The van der Waals surface area contributed by atoms with Gasteiger partial charge in [-0.3, -0.25) is 9.59 Å². The molecule has 2 N–H and O–H groups in total. The molecule has 4 bridgehead atoms. The summed E-state index contributed by atoms with van der Waals surface area (Å²) in [7, 11) is 0. The van der Waals surface area contributed by atoms with Gasteiger partial charge in [0.1, 0.15) is 0 Å². The summed E-state index contributed by atoms with van der Waals surface area (Å²) in [6, 6.07) is 11.6. The van der Waals surface area contributed by atoms with Crippen LogP contribution in [0.3, 0.4) is 0 Å². The molecule has 6 heteroatoms. The molecule has 4 aliphatic carbocycles. The van der Waals surface area contributed by atoms with Crippen LogP contribution in [0.15, 0.2) is 46.7 Å². The van der Waals surface area contributed by atoms with E-state index < -0.39 is 0 Å². The first-order valence-electron chi connectivity index (χ1n) is 10.9. The number of hydrogen-bond donors (Lipinski definition) is 2. The third-order valence-corrected chi connectivity index (χ3v) is 8.89. The topological polar surface area (TPSA) is 58.2 Å². The summed E-state index contributed by atoms with van der Waals surface area (Å²) in [6.45, 7) is 0.530. The highest BCUT2D eigenvalue weighted by Gasteiger charge is 2.51. The molecule has 0 saturated heterocycles. The van der Waals surface area contributed by atoms with Crippen molar-refractivity contribution in [3.63, 3.8) is 0 Å². The molecule has 1 aromatic heterocycles. The lowest BCUT2D eigenvalue weighted by Gasteiger charge is -2.56. The average molecular weight is 441 g/mol. The molecule has 30 heavy (non-hydrogen) atoms. The fourth-order valence-corrected chi connectivity index (χ4v) is 7.69. The number of nitrogens with one attached hydrogen (secondary N) is 2. The van der Waals surface area contributed by atoms with Crippen LogP contribution in [-0.4, -0.2) is 23.1 Å². The highest BCUT2D eigenvalue weighted by molar-refractivity contribution is 8.00. The van der Waals surface area contributed by atoms with Gasteiger partial charge in [-0.05, 0) is 79.9 Å². The summed E-state index contributed by atoms with van der Waals surface area (Å²) in [5.74, 6) is 2.83. The van der Waals surface area contributed by atoms with E-state index in [4.69, 9.17) is 0 Å². The molecule has 0 aliphatic heterocycles. The van der Waals surface area contributed by atoms with E-state index in [1.807, 2.05) is 41.8 Å². The van der Waals surface area contributed by atoms with Gasteiger partial charge in [-0.15, -0.1) is 23.1 Å². The Hall–Kier alpha value is -1.79. The van der Waals surface area contributed by atoms with E-state index in [0.717, 1.165) is 46.8 Å². The van der Waals surface area contributed by atoms with Gasteiger partial charge in [0.25, 0.3) is 5.91 Å². The maximum Gasteiger partial charge on any atom is 0.252 e. The average Bonchev–Trinajstić information content (AvgIpc) is 3.23. The zero-order chi connectivity index (χ0) is 20.6. The summed E-state index contributed by atoms with van der Waals surface area (Å²) >= 11 is 3.10. The van der Waals surface area contributed by atoms with Gasteiger partial charge in [-0.1, -0.05) is 18.2 Å². The second-order valence-electron chi connectivity index (χ2n) is 9.29. The van der Waals surface area contributed by atoms with E-state index in [1.165, 1.54) is 31.0 Å². The quantitative estimate of drug-likeness (QED) is 0.605. The molecule has 1 aromatic carbocycles. The molecule has 6 rings (SSSR count). The minimum atomic E-state index is -0.0898. The van der Waals surface area contributed by atoms with E-state index >= 15 is 0 Å². The van der Waals surface area contributed by atoms with Crippen molar-refractivity contribution in [3.8, 4) is 0 Å². The molecule has 0 spiro atoms. The first kappa shape index (κ1) is 20.1. The first-order chi connectivity index (χ1) is 14.6. The molecule has 4 saturated carbocycles. The van der Waals surface area contributed by atoms with E-state index in [9.17, 15) is 9.59 Å². The van der Waals surface area contributed by atoms with Gasteiger partial charge in [0, 0.05) is 15.3 Å². The normalized spacial score (nSPS) is 29.0. The summed E-state index contributed by atoms with van der Waals surface area (Å²) in [5, 5.41) is 8.43. The highest BCUT2D eigenvalue weighted by Crippen LogP contribution is 2.55. The molecule has 158 valence electrons. The number of rotatable bonds is 7. The monoisotopic (exact) mass is 440 g/mol. The van der Waals surface area contributed by atoms with Gasteiger partial charge in [0.15, 0.2) is 0 Å². The smallest absolute Gasteiger partial charge is 0.252 e. The number of thioether (sulfide) groups is 1. The number of amides is 2. The maximum atomic E-state index is 12.8. The highest BCUT2D eigenvalue weighted by atomic mass is 32.2.